The number of ketones is 1. The second-order valence-corrected chi connectivity index (χ2v) is 6.35. The summed E-state index contributed by atoms with van der Waals surface area (Å²) in [5.74, 6) is 0.524. The van der Waals surface area contributed by atoms with Crippen LogP contribution in [0.2, 0.25) is 10.0 Å². The summed E-state index contributed by atoms with van der Waals surface area (Å²) >= 11 is 13.6. The van der Waals surface area contributed by atoms with Gasteiger partial charge in [-0.15, -0.1) is 11.3 Å². The van der Waals surface area contributed by atoms with Crippen LogP contribution in [0.3, 0.4) is 0 Å². The summed E-state index contributed by atoms with van der Waals surface area (Å²) in [6.45, 7) is 0. The molecule has 1 fully saturated rings. The van der Waals surface area contributed by atoms with E-state index >= 15 is 0 Å². The van der Waals surface area contributed by atoms with Crippen molar-refractivity contribution in [2.24, 2.45) is 5.92 Å². The summed E-state index contributed by atoms with van der Waals surface area (Å²) in [5.41, 5.74) is 0.893. The number of benzene rings is 1. The maximum absolute atomic E-state index is 12.0. The number of hydrogen-bond acceptors (Lipinski definition) is 2. The minimum absolute atomic E-state index is 0.256. The van der Waals surface area contributed by atoms with Crippen LogP contribution >= 0.6 is 34.5 Å². The fraction of sp³-hybridized carbons (Fsp3) is 0.214. The molecule has 0 bridgehead atoms. The van der Waals surface area contributed by atoms with E-state index in [0.717, 1.165) is 28.2 Å². The van der Waals surface area contributed by atoms with E-state index in [4.69, 9.17) is 23.2 Å². The second-order valence-electron chi connectivity index (χ2n) is 4.43. The summed E-state index contributed by atoms with van der Waals surface area (Å²) in [6, 6.07) is 9.20. The van der Waals surface area contributed by atoms with Gasteiger partial charge in [-0.3, -0.25) is 4.79 Å². The molecule has 0 saturated heterocycles. The average molecular weight is 297 g/mol. The highest BCUT2D eigenvalue weighted by Gasteiger charge is 2.31. The number of rotatable bonds is 3. The van der Waals surface area contributed by atoms with Gasteiger partial charge in [0.05, 0.1) is 4.88 Å². The van der Waals surface area contributed by atoms with Crippen molar-refractivity contribution in [2.75, 3.05) is 0 Å². The van der Waals surface area contributed by atoms with Crippen molar-refractivity contribution in [3.05, 3.63) is 45.3 Å². The molecule has 3 rings (SSSR count). The lowest BCUT2D eigenvalue weighted by Crippen LogP contribution is -1.96. The van der Waals surface area contributed by atoms with Gasteiger partial charge in [0.25, 0.3) is 0 Å². The normalized spacial score (nSPS) is 14.8. The van der Waals surface area contributed by atoms with Crippen LogP contribution < -0.4 is 0 Å². The van der Waals surface area contributed by atoms with Crippen molar-refractivity contribution in [2.45, 2.75) is 12.8 Å². The van der Waals surface area contributed by atoms with Gasteiger partial charge >= 0.3 is 0 Å². The highest BCUT2D eigenvalue weighted by atomic mass is 35.5. The fourth-order valence-corrected chi connectivity index (χ4v) is 3.35. The van der Waals surface area contributed by atoms with Crippen LogP contribution in [-0.2, 0) is 0 Å². The zero-order chi connectivity index (χ0) is 12.7. The third-order valence-corrected chi connectivity index (χ3v) is 4.69. The van der Waals surface area contributed by atoms with Gasteiger partial charge in [0.1, 0.15) is 0 Å². The molecule has 92 valence electrons. The smallest absolute Gasteiger partial charge is 0.175 e. The largest absolute Gasteiger partial charge is 0.293 e. The van der Waals surface area contributed by atoms with Crippen LogP contribution in [0.4, 0.5) is 0 Å². The maximum Gasteiger partial charge on any atom is 0.175 e. The Morgan fingerprint density at radius 2 is 1.94 bits per heavy atom. The minimum atomic E-state index is 0.256. The number of halogens is 2. The highest BCUT2D eigenvalue weighted by molar-refractivity contribution is 7.17. The number of Topliss-reactive ketones (excluding diaryl/α,β-unsaturated/α-hetero) is 1. The number of thiophene rings is 1. The number of carbonyl (C=O) groups is 1. The second kappa shape index (κ2) is 4.69. The number of carbonyl (C=O) groups excluding carboxylic acids is 1. The Hall–Kier alpha value is -0.830. The molecule has 2 aromatic rings. The quantitative estimate of drug-likeness (QED) is 0.701. The summed E-state index contributed by atoms with van der Waals surface area (Å²) in [4.78, 5) is 13.8. The molecule has 1 heterocycles. The molecule has 4 heteroatoms. The topological polar surface area (TPSA) is 17.1 Å². The van der Waals surface area contributed by atoms with Crippen molar-refractivity contribution in [3.8, 4) is 10.4 Å². The minimum Gasteiger partial charge on any atom is -0.293 e. The molecule has 0 unspecified atom stereocenters. The predicted molar refractivity (Wildman–Crippen MR) is 76.8 cm³/mol. The van der Waals surface area contributed by atoms with E-state index in [1.807, 2.05) is 18.2 Å². The van der Waals surface area contributed by atoms with Crippen LogP contribution in [-0.4, -0.2) is 5.78 Å². The third kappa shape index (κ3) is 2.33. The molecule has 1 aromatic heterocycles. The Morgan fingerprint density at radius 3 is 2.67 bits per heavy atom. The van der Waals surface area contributed by atoms with Crippen LogP contribution in [0.25, 0.3) is 10.4 Å². The zero-order valence-electron chi connectivity index (χ0n) is 9.45. The molecule has 0 N–H and O–H groups in total. The lowest BCUT2D eigenvalue weighted by Gasteiger charge is -2.01. The average Bonchev–Trinajstić information content (AvgIpc) is 3.09. The van der Waals surface area contributed by atoms with E-state index in [1.165, 1.54) is 11.3 Å². The van der Waals surface area contributed by atoms with Crippen molar-refractivity contribution in [3.63, 3.8) is 0 Å². The molecular formula is C14H10Cl2OS. The van der Waals surface area contributed by atoms with Gasteiger partial charge in [-0.05, 0) is 43.2 Å². The monoisotopic (exact) mass is 296 g/mol. The first kappa shape index (κ1) is 12.2. The SMILES string of the molecule is O=C(c1ccc(-c2cc(Cl)ccc2Cl)s1)C1CC1. The molecule has 0 aliphatic heterocycles. The molecule has 0 atom stereocenters. The Kier molecular flexibility index (Phi) is 3.18. The number of hydrogen-bond donors (Lipinski definition) is 0. The highest BCUT2D eigenvalue weighted by Crippen LogP contribution is 2.39. The lowest BCUT2D eigenvalue weighted by atomic mass is 10.2. The van der Waals surface area contributed by atoms with E-state index < -0.39 is 0 Å². The van der Waals surface area contributed by atoms with Crippen LogP contribution in [0.5, 0.6) is 0 Å². The summed E-state index contributed by atoms with van der Waals surface area (Å²) in [6.07, 6.45) is 2.06. The Labute approximate surface area is 119 Å². The van der Waals surface area contributed by atoms with Gasteiger partial charge in [0.2, 0.25) is 0 Å². The fourth-order valence-electron chi connectivity index (χ4n) is 1.85. The van der Waals surface area contributed by atoms with Crippen LogP contribution in [0.1, 0.15) is 22.5 Å². The summed E-state index contributed by atoms with van der Waals surface area (Å²) in [5, 5.41) is 1.31. The molecule has 0 amide bonds. The Bertz CT molecular complexity index is 614. The molecule has 18 heavy (non-hydrogen) atoms. The van der Waals surface area contributed by atoms with Crippen molar-refractivity contribution < 1.29 is 4.79 Å². The first-order valence-corrected chi connectivity index (χ1v) is 7.32. The zero-order valence-corrected chi connectivity index (χ0v) is 11.8. The predicted octanol–water partition coefficient (Wildman–Crippen LogP) is 5.31. The molecule has 1 aliphatic carbocycles. The third-order valence-electron chi connectivity index (χ3n) is 2.99. The van der Waals surface area contributed by atoms with Gasteiger partial charge < -0.3 is 0 Å². The first-order valence-electron chi connectivity index (χ1n) is 5.74. The van der Waals surface area contributed by atoms with E-state index in [0.29, 0.717) is 10.0 Å². The summed E-state index contributed by atoms with van der Waals surface area (Å²) < 4.78 is 0. The maximum atomic E-state index is 12.0. The van der Waals surface area contributed by atoms with Crippen molar-refractivity contribution in [1.29, 1.82) is 0 Å². The van der Waals surface area contributed by atoms with Gasteiger partial charge in [0, 0.05) is 26.4 Å². The van der Waals surface area contributed by atoms with Crippen LogP contribution in [0, 0.1) is 5.92 Å². The molecule has 1 saturated carbocycles. The van der Waals surface area contributed by atoms with E-state index in [-0.39, 0.29) is 11.7 Å². The molecular weight excluding hydrogens is 287 g/mol. The van der Waals surface area contributed by atoms with Crippen molar-refractivity contribution in [1.82, 2.24) is 0 Å². The van der Waals surface area contributed by atoms with Gasteiger partial charge in [-0.2, -0.15) is 0 Å². The van der Waals surface area contributed by atoms with E-state index in [2.05, 4.69) is 0 Å². The lowest BCUT2D eigenvalue weighted by molar-refractivity contribution is 0.0971. The molecule has 1 aliphatic rings. The van der Waals surface area contributed by atoms with E-state index in [9.17, 15) is 4.79 Å². The molecule has 1 nitrogen and oxygen atoms in total. The van der Waals surface area contributed by atoms with Crippen LogP contribution in [0.15, 0.2) is 30.3 Å². The Morgan fingerprint density at radius 1 is 1.17 bits per heavy atom. The standard InChI is InChI=1S/C14H10Cl2OS/c15-9-3-4-11(16)10(7-9)12-5-6-13(18-12)14(17)8-1-2-8/h3-8H,1-2H2. The van der Waals surface area contributed by atoms with Gasteiger partial charge in [0.15, 0.2) is 5.78 Å². The van der Waals surface area contributed by atoms with Gasteiger partial charge in [-0.1, -0.05) is 23.2 Å². The summed E-state index contributed by atoms with van der Waals surface area (Å²) in [7, 11) is 0. The van der Waals surface area contributed by atoms with E-state index in [1.54, 1.807) is 12.1 Å². The molecule has 1 aromatic carbocycles. The Balaban J connectivity index is 1.97. The molecule has 0 radical (unpaired) electrons. The van der Waals surface area contributed by atoms with Gasteiger partial charge in [-0.25, -0.2) is 0 Å². The molecule has 0 spiro atoms. The first-order chi connectivity index (χ1) is 8.65. The van der Waals surface area contributed by atoms with Crippen molar-refractivity contribution >= 4 is 40.3 Å².